The van der Waals surface area contributed by atoms with Crippen molar-refractivity contribution in [3.05, 3.63) is 29.3 Å². The molecule has 2 N–H and O–H groups in total. The number of hydrogen-bond donors (Lipinski definition) is 2. The molecule has 1 aliphatic rings. The van der Waals surface area contributed by atoms with Gasteiger partial charge in [0.15, 0.2) is 5.96 Å². The lowest BCUT2D eigenvalue weighted by Gasteiger charge is -2.19. The van der Waals surface area contributed by atoms with Gasteiger partial charge < -0.3 is 15.4 Å². The quantitative estimate of drug-likeness (QED) is 0.184. The number of guanidine groups is 1. The van der Waals surface area contributed by atoms with E-state index in [-0.39, 0.29) is 24.0 Å². The molecule has 1 aliphatic carbocycles. The molecular weight excluding hydrogens is 445 g/mol. The number of rotatable bonds is 9. The Hall–Kier alpha value is -0.470. The summed E-state index contributed by atoms with van der Waals surface area (Å²) in [5.74, 6) is 0.880. The molecule has 4 nitrogen and oxygen atoms in total. The van der Waals surface area contributed by atoms with Crippen LogP contribution in [0.15, 0.2) is 28.1 Å². The molecule has 142 valence electrons. The highest BCUT2D eigenvalue weighted by Crippen LogP contribution is 2.48. The Morgan fingerprint density at radius 1 is 1.32 bits per heavy atom. The molecule has 0 aliphatic heterocycles. The number of thioether (sulfide) groups is 1. The maximum absolute atomic E-state index is 5.51. The van der Waals surface area contributed by atoms with E-state index in [4.69, 9.17) is 4.74 Å². The van der Waals surface area contributed by atoms with Gasteiger partial charge in [0.05, 0.1) is 0 Å². The summed E-state index contributed by atoms with van der Waals surface area (Å²) < 4.78 is 5.51. The largest absolute Gasteiger partial charge is 0.382 e. The summed E-state index contributed by atoms with van der Waals surface area (Å²) in [5, 5.41) is 6.94. The Bertz CT molecular complexity index is 562. The average Bonchev–Trinajstić information content (AvgIpc) is 3.36. The number of aliphatic imine (C=N–C) groups is 1. The molecule has 0 amide bonds. The molecule has 25 heavy (non-hydrogen) atoms. The van der Waals surface area contributed by atoms with Crippen molar-refractivity contribution in [2.75, 3.05) is 33.1 Å². The molecule has 2 rings (SSSR count). The van der Waals surface area contributed by atoms with Gasteiger partial charge in [0.25, 0.3) is 0 Å². The molecule has 0 saturated heterocycles. The van der Waals surface area contributed by atoms with Crippen molar-refractivity contribution in [2.45, 2.75) is 44.6 Å². The van der Waals surface area contributed by atoms with Gasteiger partial charge in [0, 0.05) is 38.2 Å². The van der Waals surface area contributed by atoms with Crippen LogP contribution in [0.3, 0.4) is 0 Å². The van der Waals surface area contributed by atoms with Crippen LogP contribution < -0.4 is 10.6 Å². The predicted molar refractivity (Wildman–Crippen MR) is 119 cm³/mol. The zero-order valence-corrected chi connectivity index (χ0v) is 19.0. The standard InChI is InChI=1S/C19H31N3OS.HI/c1-5-23-11-10-19(8-9-19)14-22-18(20-3)21-13-16-7-6-15(2)12-17(16)24-4;/h6-7,12H,5,8-11,13-14H2,1-4H3,(H2,20,21,22);1H. The molecule has 1 aromatic rings. The van der Waals surface area contributed by atoms with Crippen LogP contribution in [0, 0.1) is 12.3 Å². The minimum Gasteiger partial charge on any atom is -0.382 e. The molecule has 0 radical (unpaired) electrons. The van der Waals surface area contributed by atoms with Gasteiger partial charge >= 0.3 is 0 Å². The van der Waals surface area contributed by atoms with Gasteiger partial charge in [-0.2, -0.15) is 0 Å². The van der Waals surface area contributed by atoms with E-state index in [9.17, 15) is 0 Å². The third-order valence-electron chi connectivity index (χ3n) is 4.68. The monoisotopic (exact) mass is 477 g/mol. The second-order valence-corrected chi connectivity index (χ2v) is 7.39. The first kappa shape index (κ1) is 22.6. The molecule has 0 bridgehead atoms. The molecule has 1 aromatic carbocycles. The third kappa shape index (κ3) is 7.35. The molecule has 1 fully saturated rings. The summed E-state index contributed by atoms with van der Waals surface area (Å²) in [6.45, 7) is 7.63. The molecule has 0 heterocycles. The maximum Gasteiger partial charge on any atom is 0.191 e. The van der Waals surface area contributed by atoms with E-state index in [0.717, 1.165) is 38.7 Å². The van der Waals surface area contributed by atoms with Gasteiger partial charge in [0.2, 0.25) is 0 Å². The van der Waals surface area contributed by atoms with Crippen LogP contribution in [0.25, 0.3) is 0 Å². The van der Waals surface area contributed by atoms with Crippen LogP contribution in [-0.4, -0.2) is 39.0 Å². The van der Waals surface area contributed by atoms with Crippen molar-refractivity contribution < 1.29 is 4.74 Å². The summed E-state index contributed by atoms with van der Waals surface area (Å²) in [7, 11) is 1.83. The van der Waals surface area contributed by atoms with E-state index in [2.05, 4.69) is 53.9 Å². The summed E-state index contributed by atoms with van der Waals surface area (Å²) in [6.07, 6.45) is 5.84. The number of nitrogens with zero attached hydrogens (tertiary/aromatic N) is 1. The van der Waals surface area contributed by atoms with E-state index in [0.29, 0.717) is 5.41 Å². The number of nitrogens with one attached hydrogen (secondary N) is 2. The van der Waals surface area contributed by atoms with Gasteiger partial charge in [-0.1, -0.05) is 12.1 Å². The first-order valence-corrected chi connectivity index (χ1v) is 10.0. The molecule has 0 aromatic heterocycles. The van der Waals surface area contributed by atoms with E-state index in [1.807, 2.05) is 7.05 Å². The van der Waals surface area contributed by atoms with Crippen LogP contribution in [0.5, 0.6) is 0 Å². The van der Waals surface area contributed by atoms with Crippen molar-refractivity contribution in [1.29, 1.82) is 0 Å². The van der Waals surface area contributed by atoms with Crippen molar-refractivity contribution in [3.8, 4) is 0 Å². The number of hydrogen-bond acceptors (Lipinski definition) is 3. The highest BCUT2D eigenvalue weighted by Gasteiger charge is 2.41. The lowest BCUT2D eigenvalue weighted by molar-refractivity contribution is 0.128. The molecule has 6 heteroatoms. The van der Waals surface area contributed by atoms with Crippen LogP contribution in [-0.2, 0) is 11.3 Å². The fourth-order valence-corrected chi connectivity index (χ4v) is 3.50. The fourth-order valence-electron chi connectivity index (χ4n) is 2.79. The lowest BCUT2D eigenvalue weighted by atomic mass is 10.0. The fraction of sp³-hybridized carbons (Fsp3) is 0.632. The highest BCUT2D eigenvalue weighted by molar-refractivity contribution is 14.0. The van der Waals surface area contributed by atoms with Crippen molar-refractivity contribution in [2.24, 2.45) is 10.4 Å². The Morgan fingerprint density at radius 3 is 2.68 bits per heavy atom. The smallest absolute Gasteiger partial charge is 0.191 e. The lowest BCUT2D eigenvalue weighted by Crippen LogP contribution is -2.40. The Kier molecular flexibility index (Phi) is 10.2. The molecule has 0 atom stereocenters. The number of ether oxygens (including phenoxy) is 1. The number of aryl methyl sites for hydroxylation is 1. The van der Waals surface area contributed by atoms with Gasteiger partial charge in [-0.25, -0.2) is 0 Å². The first-order chi connectivity index (χ1) is 11.6. The summed E-state index contributed by atoms with van der Waals surface area (Å²) in [5.41, 5.74) is 3.03. The van der Waals surface area contributed by atoms with Crippen molar-refractivity contribution in [3.63, 3.8) is 0 Å². The minimum atomic E-state index is 0. The van der Waals surface area contributed by atoms with Crippen LogP contribution in [0.2, 0.25) is 0 Å². The molecular formula is C19H32IN3OS. The van der Waals surface area contributed by atoms with E-state index in [1.165, 1.54) is 28.9 Å². The topological polar surface area (TPSA) is 45.6 Å². The second kappa shape index (κ2) is 11.3. The molecule has 0 spiro atoms. The van der Waals surface area contributed by atoms with E-state index < -0.39 is 0 Å². The predicted octanol–water partition coefficient (Wildman–Crippen LogP) is 4.21. The van der Waals surface area contributed by atoms with Crippen LogP contribution in [0.1, 0.15) is 37.3 Å². The normalized spacial score (nSPS) is 15.4. The second-order valence-electron chi connectivity index (χ2n) is 6.54. The van der Waals surface area contributed by atoms with Crippen molar-refractivity contribution in [1.82, 2.24) is 10.6 Å². The van der Waals surface area contributed by atoms with Crippen LogP contribution >= 0.6 is 35.7 Å². The zero-order valence-electron chi connectivity index (χ0n) is 15.9. The highest BCUT2D eigenvalue weighted by atomic mass is 127. The SMILES string of the molecule is CCOCCC1(CNC(=NC)NCc2ccc(C)cc2SC)CC1.I. The molecule has 0 unspecified atom stereocenters. The first-order valence-electron chi connectivity index (χ1n) is 8.78. The number of benzene rings is 1. The van der Waals surface area contributed by atoms with Gasteiger partial charge in [-0.3, -0.25) is 4.99 Å². The molecule has 1 saturated carbocycles. The Labute approximate surface area is 174 Å². The van der Waals surface area contributed by atoms with E-state index >= 15 is 0 Å². The zero-order chi connectivity index (χ0) is 17.4. The number of halogens is 1. The summed E-state index contributed by atoms with van der Waals surface area (Å²) in [6, 6.07) is 6.61. The average molecular weight is 477 g/mol. The van der Waals surface area contributed by atoms with Crippen molar-refractivity contribution >= 4 is 41.7 Å². The maximum atomic E-state index is 5.51. The summed E-state index contributed by atoms with van der Waals surface area (Å²) >= 11 is 1.79. The van der Waals surface area contributed by atoms with Gasteiger partial charge in [-0.05, 0) is 62.0 Å². The van der Waals surface area contributed by atoms with Crippen LogP contribution in [0.4, 0.5) is 0 Å². The summed E-state index contributed by atoms with van der Waals surface area (Å²) in [4.78, 5) is 5.69. The van der Waals surface area contributed by atoms with Gasteiger partial charge in [0.1, 0.15) is 0 Å². The van der Waals surface area contributed by atoms with E-state index in [1.54, 1.807) is 11.8 Å². The Morgan fingerprint density at radius 2 is 2.08 bits per heavy atom. The van der Waals surface area contributed by atoms with Gasteiger partial charge in [-0.15, -0.1) is 35.7 Å². The third-order valence-corrected chi connectivity index (χ3v) is 5.50. The minimum absolute atomic E-state index is 0. The Balaban J connectivity index is 0.00000312.